The highest BCUT2D eigenvalue weighted by Gasteiger charge is 2.22. The van der Waals surface area contributed by atoms with Crippen LogP contribution >= 0.6 is 23.8 Å². The Morgan fingerprint density at radius 3 is 2.35 bits per heavy atom. The monoisotopic (exact) mass is 477 g/mol. The molecule has 9 nitrogen and oxygen atoms in total. The molecule has 12 heteroatoms. The van der Waals surface area contributed by atoms with Crippen molar-refractivity contribution in [2.24, 2.45) is 0 Å². The molecule has 160 valence electrons. The molecule has 0 bridgehead atoms. The number of nitrogens with one attached hydrogen (secondary N) is 4. The lowest BCUT2D eigenvalue weighted by Crippen LogP contribution is -2.33. The normalized spacial score (nSPS) is 10.7. The number of para-hydroxylation sites is 1. The summed E-state index contributed by atoms with van der Waals surface area (Å²) in [6.45, 7) is 0. The maximum absolute atomic E-state index is 12.6. The maximum Gasteiger partial charge on any atom is 0.295 e. The quantitative estimate of drug-likeness (QED) is 0.224. The van der Waals surface area contributed by atoms with Crippen molar-refractivity contribution in [3.05, 3.63) is 87.9 Å². The lowest BCUT2D eigenvalue weighted by Gasteiger charge is -2.13. The molecule has 4 N–H and O–H groups in total. The Labute approximate surface area is 188 Å². The zero-order valence-electron chi connectivity index (χ0n) is 15.7. The van der Waals surface area contributed by atoms with Gasteiger partial charge in [0.25, 0.3) is 15.7 Å². The molecule has 3 aromatic carbocycles. The van der Waals surface area contributed by atoms with Crippen LogP contribution in [0.5, 0.6) is 0 Å². The highest BCUT2D eigenvalue weighted by molar-refractivity contribution is 7.92. The third-order valence-corrected chi connectivity index (χ3v) is 5.71. The standard InChI is InChI=1S/C19H16ClN5O4S2/c20-13-5-4-8-15(11-13)24-31(28,29)16-9-10-17(18(12-16)25(26)27)22-23-19(30)21-14-6-2-1-3-7-14/h1-12,22,24H,(H2,21,23,30). The fraction of sp³-hybridized carbons (Fsp3) is 0. The van der Waals surface area contributed by atoms with E-state index in [9.17, 15) is 18.5 Å². The minimum Gasteiger partial charge on any atom is -0.331 e. The van der Waals surface area contributed by atoms with Gasteiger partial charge in [0.1, 0.15) is 5.69 Å². The Kier molecular flexibility index (Phi) is 6.90. The zero-order valence-corrected chi connectivity index (χ0v) is 18.1. The van der Waals surface area contributed by atoms with E-state index in [0.29, 0.717) is 5.02 Å². The van der Waals surface area contributed by atoms with E-state index >= 15 is 0 Å². The number of thiocarbonyl (C=S) groups is 1. The molecule has 31 heavy (non-hydrogen) atoms. The van der Waals surface area contributed by atoms with Crippen LogP contribution in [0.3, 0.4) is 0 Å². The van der Waals surface area contributed by atoms with E-state index in [1.807, 2.05) is 18.2 Å². The SMILES string of the molecule is O=[N+]([O-])c1cc(S(=O)(=O)Nc2cccc(Cl)c2)ccc1NNC(=S)Nc1ccccc1. The molecule has 0 unspecified atom stereocenters. The van der Waals surface area contributed by atoms with Crippen LogP contribution in [0.1, 0.15) is 0 Å². The van der Waals surface area contributed by atoms with E-state index < -0.39 is 20.6 Å². The van der Waals surface area contributed by atoms with Gasteiger partial charge in [-0.25, -0.2) is 8.42 Å². The molecule has 0 amide bonds. The lowest BCUT2D eigenvalue weighted by atomic mass is 10.3. The Balaban J connectivity index is 1.76. The number of nitrogens with zero attached hydrogens (tertiary/aromatic N) is 1. The van der Waals surface area contributed by atoms with E-state index in [-0.39, 0.29) is 21.4 Å². The van der Waals surface area contributed by atoms with Gasteiger partial charge >= 0.3 is 0 Å². The van der Waals surface area contributed by atoms with Crippen molar-refractivity contribution in [1.29, 1.82) is 0 Å². The molecule has 0 aliphatic rings. The molecule has 0 heterocycles. The second-order valence-electron chi connectivity index (χ2n) is 6.12. The van der Waals surface area contributed by atoms with Crippen LogP contribution in [0.25, 0.3) is 0 Å². The summed E-state index contributed by atoms with van der Waals surface area (Å²) in [6, 6.07) is 18.6. The predicted octanol–water partition coefficient (Wildman–Crippen LogP) is 4.36. The smallest absolute Gasteiger partial charge is 0.295 e. The predicted molar refractivity (Wildman–Crippen MR) is 125 cm³/mol. The Morgan fingerprint density at radius 2 is 1.68 bits per heavy atom. The molecule has 0 fully saturated rings. The van der Waals surface area contributed by atoms with Crippen LogP contribution in [-0.4, -0.2) is 18.5 Å². The van der Waals surface area contributed by atoms with Crippen LogP contribution < -0.4 is 20.9 Å². The minimum atomic E-state index is -4.07. The summed E-state index contributed by atoms with van der Waals surface area (Å²) in [5.74, 6) is 0. The number of rotatable bonds is 7. The molecule has 0 radical (unpaired) electrons. The van der Waals surface area contributed by atoms with E-state index in [1.54, 1.807) is 24.3 Å². The van der Waals surface area contributed by atoms with Crippen molar-refractivity contribution in [2.75, 3.05) is 15.5 Å². The number of nitro benzene ring substituents is 1. The molecule has 0 aliphatic carbocycles. The number of hydrogen-bond acceptors (Lipinski definition) is 6. The molecule has 0 spiro atoms. The molecule has 0 aliphatic heterocycles. The summed E-state index contributed by atoms with van der Waals surface area (Å²) in [7, 11) is -4.07. The third kappa shape index (κ3) is 6.04. The van der Waals surface area contributed by atoms with Crippen molar-refractivity contribution < 1.29 is 13.3 Å². The second-order valence-corrected chi connectivity index (χ2v) is 8.65. The minimum absolute atomic E-state index is 0.0314. The van der Waals surface area contributed by atoms with E-state index in [4.69, 9.17) is 23.8 Å². The highest BCUT2D eigenvalue weighted by atomic mass is 35.5. The first-order chi connectivity index (χ1) is 14.7. The van der Waals surface area contributed by atoms with E-state index in [1.165, 1.54) is 24.3 Å². The van der Waals surface area contributed by atoms with Crippen LogP contribution in [0, 0.1) is 10.1 Å². The molecule has 3 rings (SSSR count). The summed E-state index contributed by atoms with van der Waals surface area (Å²) in [5.41, 5.74) is 5.79. The fourth-order valence-electron chi connectivity index (χ4n) is 2.51. The Morgan fingerprint density at radius 1 is 0.968 bits per heavy atom. The summed E-state index contributed by atoms with van der Waals surface area (Å²) >= 11 is 11.0. The molecule has 0 saturated carbocycles. The first-order valence-electron chi connectivity index (χ1n) is 8.69. The van der Waals surface area contributed by atoms with Crippen molar-refractivity contribution in [1.82, 2.24) is 5.43 Å². The van der Waals surface area contributed by atoms with Crippen LogP contribution in [0.2, 0.25) is 5.02 Å². The second kappa shape index (κ2) is 9.60. The Bertz CT molecular complexity index is 1220. The van der Waals surface area contributed by atoms with E-state index in [0.717, 1.165) is 11.8 Å². The van der Waals surface area contributed by atoms with Crippen LogP contribution in [0.15, 0.2) is 77.7 Å². The number of hydrazine groups is 1. The molecular formula is C19H16ClN5O4S2. The van der Waals surface area contributed by atoms with Crippen molar-refractivity contribution >= 4 is 61.7 Å². The fourth-order valence-corrected chi connectivity index (χ4v) is 3.94. The van der Waals surface area contributed by atoms with Gasteiger partial charge in [0.15, 0.2) is 5.11 Å². The number of halogens is 1. The van der Waals surface area contributed by atoms with Gasteiger partial charge in [-0.1, -0.05) is 35.9 Å². The summed E-state index contributed by atoms with van der Waals surface area (Å²) < 4.78 is 27.6. The highest BCUT2D eigenvalue weighted by Crippen LogP contribution is 2.28. The first-order valence-corrected chi connectivity index (χ1v) is 11.0. The summed E-state index contributed by atoms with van der Waals surface area (Å²) in [4.78, 5) is 10.5. The summed E-state index contributed by atoms with van der Waals surface area (Å²) in [5, 5.41) is 14.9. The largest absolute Gasteiger partial charge is 0.331 e. The maximum atomic E-state index is 12.6. The van der Waals surface area contributed by atoms with Gasteiger partial charge in [-0.2, -0.15) is 0 Å². The van der Waals surface area contributed by atoms with Crippen LogP contribution in [-0.2, 0) is 10.0 Å². The number of hydrogen-bond donors (Lipinski definition) is 4. The number of anilines is 3. The van der Waals surface area contributed by atoms with Crippen LogP contribution in [0.4, 0.5) is 22.7 Å². The van der Waals surface area contributed by atoms with Crippen molar-refractivity contribution in [2.45, 2.75) is 4.90 Å². The number of sulfonamides is 1. The molecule has 0 aromatic heterocycles. The van der Waals surface area contributed by atoms with Gasteiger partial charge < -0.3 is 5.32 Å². The van der Waals surface area contributed by atoms with Crippen molar-refractivity contribution in [3.8, 4) is 0 Å². The number of nitro groups is 1. The Hall–Kier alpha value is -3.41. The first kappa shape index (κ1) is 22.3. The summed E-state index contributed by atoms with van der Waals surface area (Å²) in [6.07, 6.45) is 0. The van der Waals surface area contributed by atoms with Gasteiger partial charge in [-0.15, -0.1) is 0 Å². The molecule has 3 aromatic rings. The lowest BCUT2D eigenvalue weighted by molar-refractivity contribution is -0.384. The van der Waals surface area contributed by atoms with E-state index in [2.05, 4.69) is 20.9 Å². The molecule has 0 atom stereocenters. The number of benzene rings is 3. The van der Waals surface area contributed by atoms with Crippen molar-refractivity contribution in [3.63, 3.8) is 0 Å². The zero-order chi connectivity index (χ0) is 22.4. The average molecular weight is 478 g/mol. The van der Waals surface area contributed by atoms with Gasteiger partial charge in [0, 0.05) is 16.8 Å². The average Bonchev–Trinajstić information content (AvgIpc) is 2.72. The molecule has 0 saturated heterocycles. The van der Waals surface area contributed by atoms with Gasteiger partial charge in [0.2, 0.25) is 0 Å². The topological polar surface area (TPSA) is 125 Å². The third-order valence-electron chi connectivity index (χ3n) is 3.90. The van der Waals surface area contributed by atoms with Gasteiger partial charge in [-0.3, -0.25) is 25.7 Å². The van der Waals surface area contributed by atoms with Gasteiger partial charge in [-0.05, 0) is 54.7 Å². The molecular weight excluding hydrogens is 462 g/mol. The van der Waals surface area contributed by atoms with Gasteiger partial charge in [0.05, 0.1) is 15.5 Å².